The molecule has 0 aromatic rings. The maximum atomic E-state index is 7.57. The van der Waals surface area contributed by atoms with E-state index >= 15 is 0 Å². The van der Waals surface area contributed by atoms with Crippen molar-refractivity contribution in [2.24, 2.45) is 0 Å². The van der Waals surface area contributed by atoms with Gasteiger partial charge in [0.25, 0.3) is 0 Å². The third-order valence-electron chi connectivity index (χ3n) is 0.0707. The normalized spacial score (nSPS) is 3.71. The Morgan fingerprint density at radius 2 is 1.43 bits per heavy atom. The summed E-state index contributed by atoms with van der Waals surface area (Å²) in [5.74, 6) is 0. The number of nitrogens with zero attached hydrogens (tertiary/aromatic N) is 2. The van der Waals surface area contributed by atoms with E-state index in [9.17, 15) is 0 Å². The molecule has 0 atom stereocenters. The first kappa shape index (κ1) is 15.9. The van der Waals surface area contributed by atoms with Crippen LogP contribution in [0, 0.1) is 20.6 Å². The molecule has 0 rings (SSSR count). The number of nitriles is 2. The summed E-state index contributed by atoms with van der Waals surface area (Å²) in [4.78, 5) is 0. The summed E-state index contributed by atoms with van der Waals surface area (Å²) in [6.45, 7) is 0. The van der Waals surface area contributed by atoms with Crippen LogP contribution < -0.4 is 0 Å². The summed E-state index contributed by atoms with van der Waals surface area (Å²) in [5, 5.41) is 18.3. The van der Waals surface area contributed by atoms with Crippen molar-refractivity contribution in [2.75, 3.05) is 0 Å². The molecule has 0 heterocycles. The van der Waals surface area contributed by atoms with Gasteiger partial charge in [-0.2, -0.15) is 0 Å². The van der Waals surface area contributed by atoms with E-state index in [2.05, 4.69) is 0 Å². The Kier molecular flexibility index (Phi) is 35.4. The van der Waals surface area contributed by atoms with E-state index in [1.54, 1.807) is 10.1 Å². The average Bonchev–Trinajstić information content (AvgIpc) is 1.41. The van der Waals surface area contributed by atoms with Crippen molar-refractivity contribution in [1.29, 1.82) is 10.5 Å². The molecule has 0 saturated carbocycles. The second kappa shape index (κ2) is 15.6. The molecule has 0 aliphatic carbocycles. The van der Waals surface area contributed by atoms with Gasteiger partial charge in [0.05, 0.1) is 0 Å². The molecule has 0 aromatic heterocycles. The number of hydrogen-bond donors (Lipinski definition) is 0. The van der Waals surface area contributed by atoms with E-state index in [0.29, 0.717) is 14.4 Å². The number of hydrogen-bond acceptors (Lipinski definition) is 2. The molecule has 7 heavy (non-hydrogen) atoms. The van der Waals surface area contributed by atoms with Crippen LogP contribution in [-0.2, 0) is 31.5 Å². The van der Waals surface area contributed by atoms with Crippen molar-refractivity contribution < 1.29 is 31.5 Å². The van der Waals surface area contributed by atoms with Crippen LogP contribution in [0.2, 0.25) is 0 Å². The van der Waals surface area contributed by atoms with Crippen molar-refractivity contribution >= 4 is 51.4 Å². The third-order valence-corrected chi connectivity index (χ3v) is 0.292. The van der Waals surface area contributed by atoms with Crippen LogP contribution >= 0.6 is 0 Å². The van der Waals surface area contributed by atoms with Crippen molar-refractivity contribution in [3.8, 4) is 10.1 Å². The average molecular weight is 207 g/mol. The molecule has 0 aromatic carbocycles. The van der Waals surface area contributed by atoms with Gasteiger partial charge in [0, 0.05) is 17.1 Å². The molecule has 0 spiro atoms. The summed E-state index contributed by atoms with van der Waals surface area (Å²) in [6.07, 6.45) is 0. The second-order valence-corrected chi connectivity index (χ2v) is 0.909. The van der Waals surface area contributed by atoms with Gasteiger partial charge in [-0.25, -0.2) is 0 Å². The molecular weight excluding hydrogens is 206 g/mol. The van der Waals surface area contributed by atoms with Gasteiger partial charge in [-0.15, -0.1) is 0 Å². The zero-order valence-electron chi connectivity index (χ0n) is 2.56. The van der Waals surface area contributed by atoms with E-state index in [1.165, 1.54) is 0 Å². The van der Waals surface area contributed by atoms with Crippen molar-refractivity contribution in [2.45, 2.75) is 0 Å². The molecule has 2 nitrogen and oxygen atoms in total. The Labute approximate surface area is 101 Å². The molecule has 0 saturated heterocycles. The Bertz CT molecular complexity index is 80.8. The molecule has 38 valence electrons. The third kappa shape index (κ3) is 18.4. The van der Waals surface area contributed by atoms with Gasteiger partial charge in [-0.05, 0) is 0 Å². The monoisotopic (exact) mass is 206 g/mol. The van der Waals surface area contributed by atoms with E-state index in [0.717, 1.165) is 0 Å². The summed E-state index contributed by atoms with van der Waals surface area (Å²) in [6, 6.07) is 0. The van der Waals surface area contributed by atoms with Gasteiger partial charge >= 0.3 is 86.4 Å². The van der Waals surface area contributed by atoms with Gasteiger partial charge < -0.3 is 0 Å². The predicted octanol–water partition coefficient (Wildman–Crippen LogP) is -0.620. The number of rotatable bonds is 0. The van der Waals surface area contributed by atoms with Gasteiger partial charge in [-0.3, -0.25) is 0 Å². The predicted molar refractivity (Wildman–Crippen MR) is 18.4 cm³/mol. The quantitative estimate of drug-likeness (QED) is 0.496. The fourth-order valence-corrected chi connectivity index (χ4v) is 0.0652. The van der Waals surface area contributed by atoms with Crippen LogP contribution in [0.4, 0.5) is 0 Å². The topological polar surface area (TPSA) is 47.6 Å². The van der Waals surface area contributed by atoms with Crippen LogP contribution in [0.1, 0.15) is 0 Å². The van der Waals surface area contributed by atoms with Crippen LogP contribution in [0.3, 0.4) is 0 Å². The first-order chi connectivity index (χ1) is 2.41. The summed E-state index contributed by atoms with van der Waals surface area (Å²) < 4.78 is 0. The van der Waals surface area contributed by atoms with E-state index in [4.69, 9.17) is 10.5 Å². The zero-order valence-corrected chi connectivity index (χ0v) is 4.66. The van der Waals surface area contributed by atoms with Crippen LogP contribution in [0.5, 0.6) is 0 Å². The van der Waals surface area contributed by atoms with Gasteiger partial charge in [-0.1, -0.05) is 0 Å². The minimum absolute atomic E-state index is 0. The SMILES string of the molecule is N#[C][Ni][C]#N.[Fe].[KH]. The van der Waals surface area contributed by atoms with Gasteiger partial charge in [0.2, 0.25) is 0 Å². The van der Waals surface area contributed by atoms with Gasteiger partial charge in [0.1, 0.15) is 0 Å². The molecule has 0 amide bonds. The van der Waals surface area contributed by atoms with E-state index in [1.807, 2.05) is 0 Å². The minimum atomic E-state index is 0. The summed E-state index contributed by atoms with van der Waals surface area (Å²) in [5.41, 5.74) is 0. The van der Waals surface area contributed by atoms with Crippen molar-refractivity contribution in [3.63, 3.8) is 0 Å². The Balaban J connectivity index is -0.0000000800. The van der Waals surface area contributed by atoms with Crippen molar-refractivity contribution in [1.82, 2.24) is 0 Å². The zero-order chi connectivity index (χ0) is 4.12. The molecular formula is C2HFeKN2Ni. The Morgan fingerprint density at radius 1 is 1.14 bits per heavy atom. The molecule has 5 heteroatoms. The van der Waals surface area contributed by atoms with Crippen LogP contribution in [0.25, 0.3) is 0 Å². The molecule has 0 fully saturated rings. The molecule has 0 aliphatic heterocycles. The van der Waals surface area contributed by atoms with Crippen LogP contribution in [0.15, 0.2) is 0 Å². The molecule has 0 radical (unpaired) electrons. The summed E-state index contributed by atoms with van der Waals surface area (Å²) >= 11 is 0.431. The first-order valence-electron chi connectivity index (χ1n) is 0.763. The first-order valence-corrected chi connectivity index (χ1v) is 1.75. The summed E-state index contributed by atoms with van der Waals surface area (Å²) in [7, 11) is 0. The van der Waals surface area contributed by atoms with Gasteiger partial charge in [0.15, 0.2) is 0 Å². The molecule has 0 aliphatic rings. The van der Waals surface area contributed by atoms with Crippen molar-refractivity contribution in [3.05, 3.63) is 0 Å². The van der Waals surface area contributed by atoms with E-state index in [-0.39, 0.29) is 68.5 Å². The maximum absolute atomic E-state index is 7.57. The Morgan fingerprint density at radius 3 is 1.43 bits per heavy atom. The fourth-order valence-electron chi connectivity index (χ4n) is 0.0158. The van der Waals surface area contributed by atoms with Crippen LogP contribution in [-0.4, -0.2) is 51.4 Å². The second-order valence-electron chi connectivity index (χ2n) is 0.220. The molecule has 0 unspecified atom stereocenters. The van der Waals surface area contributed by atoms with E-state index < -0.39 is 0 Å². The molecule has 0 bridgehead atoms. The standard InChI is InChI=1S/2CN.Fe.K.Ni.H/c2*1-2;;;;. The fraction of sp³-hybridized carbons (Fsp3) is 0. The molecule has 0 N–H and O–H groups in total. The Hall–Kier alpha value is 1.63.